The van der Waals surface area contributed by atoms with E-state index in [0.717, 1.165) is 0 Å². The second-order valence-corrected chi connectivity index (χ2v) is 8.34. The maximum absolute atomic E-state index is 12.4. The topological polar surface area (TPSA) is 106 Å². The number of esters is 1. The average Bonchev–Trinajstić information content (AvgIpc) is 2.83. The molecule has 180 valence electrons. The van der Waals surface area contributed by atoms with Gasteiger partial charge in [0.05, 0.1) is 39.0 Å². The summed E-state index contributed by atoms with van der Waals surface area (Å²) in [7, 11) is 1.39. The van der Waals surface area contributed by atoms with Crippen LogP contribution in [0.4, 0.5) is 5.69 Å². The van der Waals surface area contributed by atoms with Crippen molar-refractivity contribution < 1.29 is 23.9 Å². The SMILES string of the molecule is COc1cc(/C=N/NC(=O)C(=O)Nc2ccc(Cl)c(Cl)c2)ccc1OC(=O)c1ccc(Cl)c(Cl)c1. The molecule has 0 heterocycles. The maximum Gasteiger partial charge on any atom is 0.343 e. The molecule has 0 spiro atoms. The van der Waals surface area contributed by atoms with E-state index in [1.807, 2.05) is 0 Å². The van der Waals surface area contributed by atoms with E-state index in [2.05, 4.69) is 15.8 Å². The molecule has 0 aliphatic rings. The highest BCUT2D eigenvalue weighted by molar-refractivity contribution is 6.43. The quantitative estimate of drug-likeness (QED) is 0.135. The number of halogens is 4. The lowest BCUT2D eigenvalue weighted by molar-refractivity contribution is -0.136. The van der Waals surface area contributed by atoms with Crippen molar-refractivity contribution in [1.82, 2.24) is 5.43 Å². The predicted octanol–water partition coefficient (Wildman–Crippen LogP) is 5.62. The molecule has 3 rings (SSSR count). The van der Waals surface area contributed by atoms with Crippen LogP contribution in [0.2, 0.25) is 20.1 Å². The molecule has 0 bridgehead atoms. The minimum absolute atomic E-state index is 0.144. The van der Waals surface area contributed by atoms with Gasteiger partial charge in [0.2, 0.25) is 0 Å². The van der Waals surface area contributed by atoms with Gasteiger partial charge in [0.25, 0.3) is 0 Å². The molecule has 35 heavy (non-hydrogen) atoms. The zero-order valence-electron chi connectivity index (χ0n) is 17.8. The Morgan fingerprint density at radius 2 is 1.49 bits per heavy atom. The first-order valence-corrected chi connectivity index (χ1v) is 11.1. The standard InChI is InChI=1S/C23H15Cl4N3O5/c1-34-20-8-12(2-7-19(20)35-23(33)13-3-5-15(24)17(26)9-13)11-28-30-22(32)21(31)29-14-4-6-16(25)18(27)10-14/h2-11H,1H3,(H,29,31)(H,30,32)/b28-11+. The van der Waals surface area contributed by atoms with Crippen molar-refractivity contribution in [3.63, 3.8) is 0 Å². The molecule has 3 aromatic rings. The van der Waals surface area contributed by atoms with Crippen molar-refractivity contribution in [3.05, 3.63) is 85.8 Å². The summed E-state index contributed by atoms with van der Waals surface area (Å²) in [4.78, 5) is 36.4. The Morgan fingerprint density at radius 1 is 0.800 bits per heavy atom. The Labute approximate surface area is 219 Å². The average molecular weight is 555 g/mol. The molecule has 0 radical (unpaired) electrons. The number of benzene rings is 3. The Kier molecular flexibility index (Phi) is 8.95. The molecule has 0 aliphatic carbocycles. The van der Waals surface area contributed by atoms with Gasteiger partial charge in [-0.2, -0.15) is 5.10 Å². The second-order valence-electron chi connectivity index (χ2n) is 6.71. The number of amides is 2. The number of hydrazone groups is 1. The lowest BCUT2D eigenvalue weighted by Crippen LogP contribution is -2.32. The van der Waals surface area contributed by atoms with Crippen LogP contribution in [0.15, 0.2) is 59.7 Å². The first-order valence-electron chi connectivity index (χ1n) is 9.62. The number of anilines is 1. The highest BCUT2D eigenvalue weighted by Gasteiger charge is 2.15. The summed E-state index contributed by atoms with van der Waals surface area (Å²) >= 11 is 23.5. The smallest absolute Gasteiger partial charge is 0.343 e. The molecule has 3 aromatic carbocycles. The Morgan fingerprint density at radius 3 is 2.14 bits per heavy atom. The monoisotopic (exact) mass is 553 g/mol. The highest BCUT2D eigenvalue weighted by atomic mass is 35.5. The van der Waals surface area contributed by atoms with Crippen LogP contribution in [0.5, 0.6) is 11.5 Å². The summed E-state index contributed by atoms with van der Waals surface area (Å²) in [6, 6.07) is 13.3. The first-order chi connectivity index (χ1) is 16.7. The van der Waals surface area contributed by atoms with Gasteiger partial charge >= 0.3 is 17.8 Å². The number of ether oxygens (including phenoxy) is 2. The van der Waals surface area contributed by atoms with Crippen molar-refractivity contribution >= 4 is 76.1 Å². The number of hydrogen-bond acceptors (Lipinski definition) is 6. The van der Waals surface area contributed by atoms with E-state index in [0.29, 0.717) is 21.3 Å². The summed E-state index contributed by atoms with van der Waals surface area (Å²) < 4.78 is 10.6. The summed E-state index contributed by atoms with van der Waals surface area (Å²) in [5, 5.41) is 7.17. The van der Waals surface area contributed by atoms with Crippen LogP contribution < -0.4 is 20.2 Å². The van der Waals surface area contributed by atoms with Gasteiger partial charge in [-0.25, -0.2) is 10.2 Å². The molecule has 0 aromatic heterocycles. The van der Waals surface area contributed by atoms with E-state index in [1.165, 1.54) is 61.9 Å². The number of rotatable bonds is 6. The molecular weight excluding hydrogens is 540 g/mol. The minimum Gasteiger partial charge on any atom is -0.493 e. The van der Waals surface area contributed by atoms with Gasteiger partial charge in [-0.05, 0) is 60.2 Å². The number of nitrogens with one attached hydrogen (secondary N) is 2. The first kappa shape index (κ1) is 26.3. The molecule has 2 amide bonds. The summed E-state index contributed by atoms with van der Waals surface area (Å²) in [6.07, 6.45) is 1.28. The summed E-state index contributed by atoms with van der Waals surface area (Å²) in [6.45, 7) is 0. The second kappa shape index (κ2) is 11.9. The van der Waals surface area contributed by atoms with E-state index in [9.17, 15) is 14.4 Å². The fourth-order valence-electron chi connectivity index (χ4n) is 2.61. The molecular formula is C23H15Cl4N3O5. The third-order valence-electron chi connectivity index (χ3n) is 4.31. The van der Waals surface area contributed by atoms with Gasteiger partial charge in [0, 0.05) is 5.69 Å². The van der Waals surface area contributed by atoms with E-state index in [1.54, 1.807) is 6.07 Å². The van der Waals surface area contributed by atoms with Crippen LogP contribution in [0, 0.1) is 0 Å². The Bertz CT molecular complexity index is 1330. The molecule has 2 N–H and O–H groups in total. The normalized spacial score (nSPS) is 10.7. The highest BCUT2D eigenvalue weighted by Crippen LogP contribution is 2.29. The van der Waals surface area contributed by atoms with Gasteiger partial charge < -0.3 is 14.8 Å². The largest absolute Gasteiger partial charge is 0.493 e. The summed E-state index contributed by atoms with van der Waals surface area (Å²) in [5.74, 6) is -2.26. The fourth-order valence-corrected chi connectivity index (χ4v) is 3.20. The lowest BCUT2D eigenvalue weighted by atomic mass is 10.2. The molecule has 0 saturated heterocycles. The van der Waals surface area contributed by atoms with Crippen molar-refractivity contribution in [3.8, 4) is 11.5 Å². The van der Waals surface area contributed by atoms with Crippen LogP contribution >= 0.6 is 46.4 Å². The number of methoxy groups -OCH3 is 1. The van der Waals surface area contributed by atoms with Crippen LogP contribution in [0.3, 0.4) is 0 Å². The van der Waals surface area contributed by atoms with Crippen molar-refractivity contribution in [1.29, 1.82) is 0 Å². The van der Waals surface area contributed by atoms with Gasteiger partial charge in [0.1, 0.15) is 0 Å². The molecule has 0 unspecified atom stereocenters. The third-order valence-corrected chi connectivity index (χ3v) is 5.79. The lowest BCUT2D eigenvalue weighted by Gasteiger charge is -2.10. The zero-order valence-corrected chi connectivity index (χ0v) is 20.8. The Balaban J connectivity index is 1.61. The molecule has 12 heteroatoms. The molecule has 0 fully saturated rings. The van der Waals surface area contributed by atoms with Crippen molar-refractivity contribution in [2.75, 3.05) is 12.4 Å². The Hall–Kier alpha value is -3.30. The molecule has 0 saturated carbocycles. The van der Waals surface area contributed by atoms with Crippen LogP contribution in [0.1, 0.15) is 15.9 Å². The number of hydrogen-bond donors (Lipinski definition) is 2. The van der Waals surface area contributed by atoms with Crippen LogP contribution in [0.25, 0.3) is 0 Å². The van der Waals surface area contributed by atoms with Crippen molar-refractivity contribution in [2.24, 2.45) is 5.10 Å². The molecule has 8 nitrogen and oxygen atoms in total. The van der Waals surface area contributed by atoms with E-state index < -0.39 is 17.8 Å². The van der Waals surface area contributed by atoms with Gasteiger partial charge in [-0.3, -0.25) is 9.59 Å². The third kappa shape index (κ3) is 7.10. The van der Waals surface area contributed by atoms with Gasteiger partial charge in [0.15, 0.2) is 11.5 Å². The molecule has 0 aliphatic heterocycles. The maximum atomic E-state index is 12.4. The van der Waals surface area contributed by atoms with Crippen LogP contribution in [-0.2, 0) is 9.59 Å². The van der Waals surface area contributed by atoms with Crippen LogP contribution in [-0.4, -0.2) is 31.1 Å². The fraction of sp³-hybridized carbons (Fsp3) is 0.0435. The van der Waals surface area contributed by atoms with E-state index >= 15 is 0 Å². The summed E-state index contributed by atoms with van der Waals surface area (Å²) in [5.41, 5.74) is 3.08. The predicted molar refractivity (Wildman–Crippen MR) is 135 cm³/mol. The number of carbonyl (C=O) groups is 3. The zero-order chi connectivity index (χ0) is 25.5. The number of carbonyl (C=O) groups excluding carboxylic acids is 3. The number of nitrogens with zero attached hydrogens (tertiary/aromatic N) is 1. The van der Waals surface area contributed by atoms with Gasteiger partial charge in [-0.15, -0.1) is 0 Å². The van der Waals surface area contributed by atoms with E-state index in [4.69, 9.17) is 55.9 Å². The minimum atomic E-state index is -1.01. The molecule has 0 atom stereocenters. The van der Waals surface area contributed by atoms with Crippen molar-refractivity contribution in [2.45, 2.75) is 0 Å². The van der Waals surface area contributed by atoms with Gasteiger partial charge in [-0.1, -0.05) is 46.4 Å². The van der Waals surface area contributed by atoms with E-state index in [-0.39, 0.29) is 27.1 Å².